The highest BCUT2D eigenvalue weighted by Gasteiger charge is 2.22. The summed E-state index contributed by atoms with van der Waals surface area (Å²) in [5, 5.41) is 7.48. The Morgan fingerprint density at radius 2 is 1.92 bits per heavy atom. The average Bonchev–Trinajstić information content (AvgIpc) is 3.46. The molecule has 0 spiro atoms. The lowest BCUT2D eigenvalue weighted by molar-refractivity contribution is 1.03. The fourth-order valence-corrected chi connectivity index (χ4v) is 2.60. The van der Waals surface area contributed by atoms with Crippen molar-refractivity contribution in [3.63, 3.8) is 0 Å². The van der Waals surface area contributed by atoms with E-state index in [1.54, 1.807) is 6.20 Å². The van der Waals surface area contributed by atoms with E-state index in [1.807, 2.05) is 48.7 Å². The number of pyridine rings is 1. The topological polar surface area (TPSA) is 62.7 Å². The first-order chi connectivity index (χ1) is 12.3. The molecule has 126 valence electrons. The third-order valence-electron chi connectivity index (χ3n) is 3.98. The lowest BCUT2D eigenvalue weighted by Gasteiger charge is -2.11. The van der Waals surface area contributed by atoms with Crippen molar-refractivity contribution in [2.75, 3.05) is 10.6 Å². The fraction of sp³-hybridized carbons (Fsp3) is 0.211. The Hall–Kier alpha value is -2.66. The maximum absolute atomic E-state index is 5.94. The summed E-state index contributed by atoms with van der Waals surface area (Å²) in [6.07, 6.45) is 5.92. The van der Waals surface area contributed by atoms with Gasteiger partial charge < -0.3 is 10.6 Å². The molecule has 5 nitrogen and oxygen atoms in total. The Bertz CT molecular complexity index is 847. The van der Waals surface area contributed by atoms with E-state index in [4.69, 9.17) is 11.6 Å². The van der Waals surface area contributed by atoms with Crippen LogP contribution in [0.25, 0.3) is 11.3 Å². The van der Waals surface area contributed by atoms with Gasteiger partial charge in [0, 0.05) is 41.6 Å². The van der Waals surface area contributed by atoms with Crippen LogP contribution in [0.5, 0.6) is 0 Å². The Morgan fingerprint density at radius 3 is 2.64 bits per heavy atom. The number of hydrogen-bond acceptors (Lipinski definition) is 5. The first-order valence-electron chi connectivity index (χ1n) is 8.30. The van der Waals surface area contributed by atoms with Crippen molar-refractivity contribution in [1.82, 2.24) is 15.0 Å². The minimum atomic E-state index is 0.494. The van der Waals surface area contributed by atoms with Gasteiger partial charge in [0.15, 0.2) is 0 Å². The fourth-order valence-electron chi connectivity index (χ4n) is 2.47. The molecule has 1 saturated carbocycles. The summed E-state index contributed by atoms with van der Waals surface area (Å²) in [6.45, 7) is 0.670. The van der Waals surface area contributed by atoms with E-state index < -0.39 is 0 Å². The molecule has 1 aliphatic carbocycles. The summed E-state index contributed by atoms with van der Waals surface area (Å²) in [5.41, 5.74) is 2.96. The third-order valence-corrected chi connectivity index (χ3v) is 4.23. The molecule has 0 aliphatic heterocycles. The van der Waals surface area contributed by atoms with Crippen molar-refractivity contribution < 1.29 is 0 Å². The molecule has 0 radical (unpaired) electrons. The van der Waals surface area contributed by atoms with E-state index in [9.17, 15) is 0 Å². The van der Waals surface area contributed by atoms with Crippen LogP contribution >= 0.6 is 11.6 Å². The zero-order valence-corrected chi connectivity index (χ0v) is 14.4. The zero-order valence-electron chi connectivity index (χ0n) is 13.6. The van der Waals surface area contributed by atoms with E-state index in [-0.39, 0.29) is 0 Å². The summed E-state index contributed by atoms with van der Waals surface area (Å²) in [4.78, 5) is 13.4. The van der Waals surface area contributed by atoms with Crippen LogP contribution < -0.4 is 10.6 Å². The number of nitrogens with zero attached hydrogens (tertiary/aromatic N) is 3. The number of benzene rings is 1. The summed E-state index contributed by atoms with van der Waals surface area (Å²) < 4.78 is 0. The van der Waals surface area contributed by atoms with Gasteiger partial charge in [-0.2, -0.15) is 4.98 Å². The van der Waals surface area contributed by atoms with Crippen LogP contribution in [0.1, 0.15) is 18.4 Å². The summed E-state index contributed by atoms with van der Waals surface area (Å²) in [6, 6.07) is 14.1. The van der Waals surface area contributed by atoms with E-state index in [0.29, 0.717) is 18.5 Å². The number of rotatable bonds is 6. The number of aromatic nitrogens is 3. The molecule has 0 saturated heterocycles. The number of hydrogen-bond donors (Lipinski definition) is 2. The van der Waals surface area contributed by atoms with Crippen LogP contribution in [0.15, 0.2) is 54.9 Å². The molecule has 1 aromatic carbocycles. The van der Waals surface area contributed by atoms with Crippen molar-refractivity contribution in [3.8, 4) is 11.3 Å². The van der Waals surface area contributed by atoms with Gasteiger partial charge in [0.2, 0.25) is 5.95 Å². The molecule has 1 fully saturated rings. The molecule has 2 N–H and O–H groups in total. The number of anilines is 2. The van der Waals surface area contributed by atoms with E-state index in [1.165, 1.54) is 12.8 Å². The van der Waals surface area contributed by atoms with Crippen LogP contribution in [0.4, 0.5) is 11.8 Å². The Balaban J connectivity index is 1.57. The second-order valence-electron chi connectivity index (χ2n) is 6.10. The van der Waals surface area contributed by atoms with E-state index in [0.717, 1.165) is 27.7 Å². The van der Waals surface area contributed by atoms with Crippen molar-refractivity contribution in [2.45, 2.75) is 25.4 Å². The van der Waals surface area contributed by atoms with Gasteiger partial charge >= 0.3 is 0 Å². The molecule has 2 heterocycles. The van der Waals surface area contributed by atoms with Gasteiger partial charge in [-0.1, -0.05) is 23.7 Å². The van der Waals surface area contributed by atoms with Gasteiger partial charge in [-0.25, -0.2) is 4.98 Å². The van der Waals surface area contributed by atoms with E-state index >= 15 is 0 Å². The normalized spacial score (nSPS) is 13.5. The molecule has 0 unspecified atom stereocenters. The van der Waals surface area contributed by atoms with Crippen molar-refractivity contribution in [3.05, 3.63) is 65.4 Å². The van der Waals surface area contributed by atoms with Gasteiger partial charge in [-0.3, -0.25) is 4.98 Å². The largest absolute Gasteiger partial charge is 0.366 e. The molecule has 1 aliphatic rings. The second kappa shape index (κ2) is 7.07. The van der Waals surface area contributed by atoms with Crippen LogP contribution in [0.3, 0.4) is 0 Å². The molecular weight excluding hydrogens is 334 g/mol. The summed E-state index contributed by atoms with van der Waals surface area (Å²) in [7, 11) is 0. The molecule has 6 heteroatoms. The maximum atomic E-state index is 5.94. The molecular formula is C19H18ClN5. The molecule has 4 rings (SSSR count). The molecule has 3 aromatic rings. The molecule has 25 heavy (non-hydrogen) atoms. The zero-order chi connectivity index (χ0) is 17.1. The highest BCUT2D eigenvalue weighted by molar-refractivity contribution is 6.30. The SMILES string of the molecule is Clc1ccc(CNc2cc(-c3cccnc3)nc(NC3CC3)n2)cc1. The van der Waals surface area contributed by atoms with Gasteiger partial charge in [0.05, 0.1) is 5.69 Å². The lowest BCUT2D eigenvalue weighted by Crippen LogP contribution is -2.09. The molecule has 0 amide bonds. The monoisotopic (exact) mass is 351 g/mol. The summed E-state index contributed by atoms with van der Waals surface area (Å²) in [5.74, 6) is 1.44. The first-order valence-corrected chi connectivity index (χ1v) is 8.68. The van der Waals surface area contributed by atoms with Gasteiger partial charge in [0.25, 0.3) is 0 Å². The van der Waals surface area contributed by atoms with Crippen molar-refractivity contribution in [1.29, 1.82) is 0 Å². The maximum Gasteiger partial charge on any atom is 0.225 e. The van der Waals surface area contributed by atoms with Crippen molar-refractivity contribution in [2.24, 2.45) is 0 Å². The van der Waals surface area contributed by atoms with Crippen LogP contribution in [0, 0.1) is 0 Å². The highest BCUT2D eigenvalue weighted by Crippen LogP contribution is 2.26. The minimum Gasteiger partial charge on any atom is -0.366 e. The predicted molar refractivity (Wildman–Crippen MR) is 101 cm³/mol. The smallest absolute Gasteiger partial charge is 0.225 e. The minimum absolute atomic E-state index is 0.494. The second-order valence-corrected chi connectivity index (χ2v) is 6.54. The highest BCUT2D eigenvalue weighted by atomic mass is 35.5. The molecule has 0 bridgehead atoms. The Morgan fingerprint density at radius 1 is 1.08 bits per heavy atom. The number of halogens is 1. The average molecular weight is 352 g/mol. The van der Waals surface area contributed by atoms with Gasteiger partial charge in [-0.05, 0) is 42.7 Å². The van der Waals surface area contributed by atoms with E-state index in [2.05, 4.69) is 25.6 Å². The lowest BCUT2D eigenvalue weighted by atomic mass is 10.2. The Kier molecular flexibility index (Phi) is 4.48. The standard InChI is InChI=1S/C19H18ClN5/c20-15-5-3-13(4-6-15)11-22-18-10-17(14-2-1-9-21-12-14)24-19(25-18)23-16-7-8-16/h1-6,9-10,12,16H,7-8,11H2,(H2,22,23,24,25). The van der Waals surface area contributed by atoms with Gasteiger partial charge in [0.1, 0.15) is 5.82 Å². The van der Waals surface area contributed by atoms with Crippen LogP contribution in [-0.4, -0.2) is 21.0 Å². The van der Waals surface area contributed by atoms with Crippen LogP contribution in [0.2, 0.25) is 5.02 Å². The third kappa shape index (κ3) is 4.25. The number of nitrogens with one attached hydrogen (secondary N) is 2. The van der Waals surface area contributed by atoms with Crippen molar-refractivity contribution >= 4 is 23.4 Å². The first kappa shape index (κ1) is 15.8. The van der Waals surface area contributed by atoms with Gasteiger partial charge in [-0.15, -0.1) is 0 Å². The van der Waals surface area contributed by atoms with Crippen LogP contribution in [-0.2, 0) is 6.54 Å². The Labute approximate surface area is 151 Å². The molecule has 0 atom stereocenters. The predicted octanol–water partition coefficient (Wildman–Crippen LogP) is 4.38. The quantitative estimate of drug-likeness (QED) is 0.690. The summed E-state index contributed by atoms with van der Waals surface area (Å²) >= 11 is 5.94. The molecule has 2 aromatic heterocycles.